The molecular formula is C20H17ClF2N2O2. The number of oxazole rings is 1. The third-order valence-electron chi connectivity index (χ3n) is 4.06. The van der Waals surface area contributed by atoms with Crippen LogP contribution < -0.4 is 5.32 Å². The summed E-state index contributed by atoms with van der Waals surface area (Å²) in [5, 5.41) is 3.52. The Morgan fingerprint density at radius 2 is 1.96 bits per heavy atom. The number of carbonyl (C=O) groups is 1. The van der Waals surface area contributed by atoms with E-state index in [1.165, 1.54) is 12.3 Å². The van der Waals surface area contributed by atoms with Crippen LogP contribution in [0.4, 0.5) is 8.78 Å². The van der Waals surface area contributed by atoms with E-state index < -0.39 is 11.6 Å². The molecule has 3 rings (SSSR count). The van der Waals surface area contributed by atoms with Crippen molar-refractivity contribution in [2.75, 3.05) is 0 Å². The van der Waals surface area contributed by atoms with Crippen molar-refractivity contribution in [3.63, 3.8) is 0 Å². The van der Waals surface area contributed by atoms with Crippen molar-refractivity contribution in [2.45, 2.75) is 25.8 Å². The lowest BCUT2D eigenvalue weighted by Crippen LogP contribution is -2.26. The van der Waals surface area contributed by atoms with Crippen LogP contribution in [-0.4, -0.2) is 10.9 Å². The van der Waals surface area contributed by atoms with Gasteiger partial charge in [-0.3, -0.25) is 4.79 Å². The highest BCUT2D eigenvalue weighted by molar-refractivity contribution is 6.30. The summed E-state index contributed by atoms with van der Waals surface area (Å²) in [6, 6.07) is 10.3. The van der Waals surface area contributed by atoms with E-state index in [2.05, 4.69) is 10.3 Å². The second-order valence-electron chi connectivity index (χ2n) is 6.08. The van der Waals surface area contributed by atoms with Gasteiger partial charge >= 0.3 is 0 Å². The van der Waals surface area contributed by atoms with Crippen molar-refractivity contribution in [1.82, 2.24) is 10.3 Å². The van der Waals surface area contributed by atoms with Gasteiger partial charge in [-0.05, 0) is 36.8 Å². The molecule has 0 fully saturated rings. The minimum absolute atomic E-state index is 0.121. The van der Waals surface area contributed by atoms with Crippen LogP contribution in [0, 0.1) is 11.6 Å². The number of amides is 1. The highest BCUT2D eigenvalue weighted by Crippen LogP contribution is 2.24. The quantitative estimate of drug-likeness (QED) is 0.638. The molecule has 140 valence electrons. The Labute approximate surface area is 160 Å². The van der Waals surface area contributed by atoms with E-state index in [0.717, 1.165) is 17.7 Å². The van der Waals surface area contributed by atoms with E-state index in [9.17, 15) is 13.6 Å². The topological polar surface area (TPSA) is 55.1 Å². The fourth-order valence-electron chi connectivity index (χ4n) is 2.61. The van der Waals surface area contributed by atoms with Crippen LogP contribution in [0.25, 0.3) is 11.3 Å². The lowest BCUT2D eigenvalue weighted by atomic mass is 10.1. The molecule has 1 aromatic heterocycles. The van der Waals surface area contributed by atoms with Gasteiger partial charge in [0.2, 0.25) is 5.91 Å². The van der Waals surface area contributed by atoms with Crippen LogP contribution in [-0.2, 0) is 11.2 Å². The van der Waals surface area contributed by atoms with Crippen molar-refractivity contribution in [3.05, 3.63) is 76.8 Å². The van der Waals surface area contributed by atoms with Gasteiger partial charge in [-0.25, -0.2) is 13.8 Å². The largest absolute Gasteiger partial charge is 0.441 e. The predicted molar refractivity (Wildman–Crippen MR) is 98.2 cm³/mol. The first-order valence-corrected chi connectivity index (χ1v) is 8.75. The smallest absolute Gasteiger partial charge is 0.220 e. The Balaban J connectivity index is 1.56. The maximum Gasteiger partial charge on any atom is 0.220 e. The molecule has 4 nitrogen and oxygen atoms in total. The second-order valence-corrected chi connectivity index (χ2v) is 6.52. The third-order valence-corrected chi connectivity index (χ3v) is 4.32. The summed E-state index contributed by atoms with van der Waals surface area (Å²) in [6.07, 6.45) is 1.80. The molecule has 0 aliphatic carbocycles. The molecule has 0 bridgehead atoms. The van der Waals surface area contributed by atoms with E-state index in [4.69, 9.17) is 16.0 Å². The van der Waals surface area contributed by atoms with Gasteiger partial charge in [-0.2, -0.15) is 0 Å². The second kappa shape index (κ2) is 8.31. The molecule has 0 aliphatic heterocycles. The fraction of sp³-hybridized carbons (Fsp3) is 0.200. The van der Waals surface area contributed by atoms with Crippen LogP contribution in [0.2, 0.25) is 5.02 Å². The molecular weight excluding hydrogens is 374 g/mol. The maximum atomic E-state index is 13.8. The molecule has 1 atom stereocenters. The molecule has 0 radical (unpaired) electrons. The number of benzene rings is 2. The number of hydrogen-bond acceptors (Lipinski definition) is 3. The average Bonchev–Trinajstić information content (AvgIpc) is 3.09. The molecule has 7 heteroatoms. The van der Waals surface area contributed by atoms with Gasteiger partial charge in [0.25, 0.3) is 0 Å². The number of aryl methyl sites for hydroxylation is 1. The molecule has 0 saturated carbocycles. The minimum Gasteiger partial charge on any atom is -0.441 e. The zero-order chi connectivity index (χ0) is 19.4. The molecule has 1 amide bonds. The summed E-state index contributed by atoms with van der Waals surface area (Å²) in [4.78, 5) is 16.2. The molecule has 0 aliphatic rings. The van der Waals surface area contributed by atoms with Crippen LogP contribution >= 0.6 is 11.6 Å². The minimum atomic E-state index is -0.729. The zero-order valence-corrected chi connectivity index (χ0v) is 15.3. The lowest BCUT2D eigenvalue weighted by molar-refractivity contribution is -0.121. The number of nitrogens with one attached hydrogen (secondary N) is 1. The first-order chi connectivity index (χ1) is 12.9. The number of nitrogens with zero attached hydrogens (tertiary/aromatic N) is 1. The average molecular weight is 391 g/mol. The number of carbonyl (C=O) groups excluding carboxylic acids is 1. The first-order valence-electron chi connectivity index (χ1n) is 8.37. The van der Waals surface area contributed by atoms with Crippen molar-refractivity contribution in [2.24, 2.45) is 0 Å². The number of rotatable bonds is 6. The third kappa shape index (κ3) is 4.92. The predicted octanol–water partition coefficient (Wildman–Crippen LogP) is 5.08. The molecule has 3 aromatic rings. The van der Waals surface area contributed by atoms with Crippen molar-refractivity contribution in [3.8, 4) is 11.3 Å². The highest BCUT2D eigenvalue weighted by atomic mass is 35.5. The lowest BCUT2D eigenvalue weighted by Gasteiger charge is -2.14. The first kappa shape index (κ1) is 19.0. The summed E-state index contributed by atoms with van der Waals surface area (Å²) in [5.74, 6) is -1.06. The van der Waals surface area contributed by atoms with Gasteiger partial charge in [-0.15, -0.1) is 0 Å². The standard InChI is InChI=1S/C20H17ClF2N2O2/c1-12(13-2-4-14(21)5-3-13)25-19(26)8-9-20-24-11-18(27-20)16-7-6-15(22)10-17(16)23/h2-7,10-12H,8-9H2,1H3,(H,25,26)/t12-/m1/s1. The summed E-state index contributed by atoms with van der Waals surface area (Å²) >= 11 is 5.86. The Hall–Kier alpha value is -2.73. The van der Waals surface area contributed by atoms with Gasteiger partial charge in [-0.1, -0.05) is 23.7 Å². The Morgan fingerprint density at radius 3 is 2.67 bits per heavy atom. The number of halogens is 3. The van der Waals surface area contributed by atoms with Crippen LogP contribution in [0.15, 0.2) is 53.1 Å². The molecule has 1 heterocycles. The summed E-state index contributed by atoms with van der Waals surface area (Å²) in [5.41, 5.74) is 1.06. The van der Waals surface area contributed by atoms with E-state index in [-0.39, 0.29) is 36.1 Å². The van der Waals surface area contributed by atoms with E-state index >= 15 is 0 Å². The van der Waals surface area contributed by atoms with Gasteiger partial charge in [0.15, 0.2) is 11.7 Å². The Bertz CT molecular complexity index is 941. The maximum absolute atomic E-state index is 13.8. The van der Waals surface area contributed by atoms with Crippen LogP contribution in [0.5, 0.6) is 0 Å². The number of aromatic nitrogens is 1. The molecule has 27 heavy (non-hydrogen) atoms. The monoisotopic (exact) mass is 390 g/mol. The van der Waals surface area contributed by atoms with Crippen LogP contribution in [0.1, 0.15) is 30.8 Å². The van der Waals surface area contributed by atoms with Crippen molar-refractivity contribution in [1.29, 1.82) is 0 Å². The fourth-order valence-corrected chi connectivity index (χ4v) is 2.73. The number of hydrogen-bond donors (Lipinski definition) is 1. The van der Waals surface area contributed by atoms with E-state index in [1.54, 1.807) is 12.1 Å². The summed E-state index contributed by atoms with van der Waals surface area (Å²) < 4.78 is 32.3. The van der Waals surface area contributed by atoms with E-state index in [1.807, 2.05) is 19.1 Å². The van der Waals surface area contributed by atoms with Gasteiger partial charge < -0.3 is 9.73 Å². The summed E-state index contributed by atoms with van der Waals surface area (Å²) in [6.45, 7) is 1.88. The Kier molecular flexibility index (Phi) is 5.86. The van der Waals surface area contributed by atoms with Gasteiger partial charge in [0, 0.05) is 23.9 Å². The van der Waals surface area contributed by atoms with E-state index in [0.29, 0.717) is 10.9 Å². The zero-order valence-electron chi connectivity index (χ0n) is 14.5. The molecule has 0 saturated heterocycles. The van der Waals surface area contributed by atoms with Gasteiger partial charge in [0.05, 0.1) is 17.8 Å². The van der Waals surface area contributed by atoms with Crippen LogP contribution in [0.3, 0.4) is 0 Å². The normalized spacial score (nSPS) is 12.0. The summed E-state index contributed by atoms with van der Waals surface area (Å²) in [7, 11) is 0. The molecule has 0 spiro atoms. The molecule has 0 unspecified atom stereocenters. The molecule has 1 N–H and O–H groups in total. The SMILES string of the molecule is C[C@@H](NC(=O)CCc1ncc(-c2ccc(F)cc2F)o1)c1ccc(Cl)cc1. The molecule has 2 aromatic carbocycles. The Morgan fingerprint density at radius 1 is 1.22 bits per heavy atom. The van der Waals surface area contributed by atoms with Crippen molar-refractivity contribution < 1.29 is 18.0 Å². The van der Waals surface area contributed by atoms with Gasteiger partial charge in [0.1, 0.15) is 11.6 Å². The van der Waals surface area contributed by atoms with Crippen molar-refractivity contribution >= 4 is 17.5 Å². The highest BCUT2D eigenvalue weighted by Gasteiger charge is 2.14.